The summed E-state index contributed by atoms with van der Waals surface area (Å²) < 4.78 is 5.67. The smallest absolute Gasteiger partial charge is 0.218 e. The monoisotopic (exact) mass is 406 g/mol. The quantitative estimate of drug-likeness (QED) is 0.301. The van der Waals surface area contributed by atoms with Gasteiger partial charge in [-0.1, -0.05) is 33.3 Å². The molecule has 0 atom stereocenters. The zero-order chi connectivity index (χ0) is 14.8. The number of hydrogen-bond donors (Lipinski definition) is 2. The number of aliphatic imine (C=N–C) groups is 1. The molecular weight excluding hydrogens is 379 g/mol. The summed E-state index contributed by atoms with van der Waals surface area (Å²) in [6, 6.07) is 3.85. The van der Waals surface area contributed by atoms with E-state index in [1.165, 1.54) is 0 Å². The summed E-state index contributed by atoms with van der Waals surface area (Å²) in [5.41, 5.74) is 6.78. The number of nitrogens with one attached hydrogen (secondary N) is 1. The van der Waals surface area contributed by atoms with Crippen molar-refractivity contribution in [1.82, 2.24) is 10.3 Å². The van der Waals surface area contributed by atoms with Gasteiger partial charge in [-0.05, 0) is 18.4 Å². The summed E-state index contributed by atoms with van der Waals surface area (Å²) in [5.74, 6) is 1.65. The maximum atomic E-state index is 5.82. The molecular formula is C15H27IN4O. The van der Waals surface area contributed by atoms with Crippen LogP contribution < -0.4 is 15.8 Å². The van der Waals surface area contributed by atoms with Crippen LogP contribution in [0.1, 0.15) is 39.2 Å². The lowest BCUT2D eigenvalue weighted by Gasteiger charge is -2.10. The molecule has 1 aromatic heterocycles. The van der Waals surface area contributed by atoms with Gasteiger partial charge < -0.3 is 15.8 Å². The predicted octanol–water partition coefficient (Wildman–Crippen LogP) is 2.94. The van der Waals surface area contributed by atoms with E-state index < -0.39 is 0 Å². The molecule has 0 bridgehead atoms. The molecule has 120 valence electrons. The number of nitrogens with two attached hydrogens (primary N) is 1. The maximum absolute atomic E-state index is 5.82. The second-order valence-corrected chi connectivity index (χ2v) is 5.15. The van der Waals surface area contributed by atoms with E-state index in [0.29, 0.717) is 30.9 Å². The molecule has 6 heteroatoms. The molecule has 0 aliphatic carbocycles. The van der Waals surface area contributed by atoms with Crippen LogP contribution in [0.15, 0.2) is 23.3 Å². The van der Waals surface area contributed by atoms with Crippen molar-refractivity contribution in [2.45, 2.75) is 40.2 Å². The molecule has 0 saturated heterocycles. The summed E-state index contributed by atoms with van der Waals surface area (Å²) in [4.78, 5) is 8.57. The molecule has 1 heterocycles. The van der Waals surface area contributed by atoms with Crippen molar-refractivity contribution in [2.75, 3.05) is 13.2 Å². The van der Waals surface area contributed by atoms with Gasteiger partial charge in [-0.2, -0.15) is 0 Å². The van der Waals surface area contributed by atoms with Gasteiger partial charge in [0.1, 0.15) is 0 Å². The highest BCUT2D eigenvalue weighted by atomic mass is 127. The Morgan fingerprint density at radius 1 is 1.48 bits per heavy atom. The zero-order valence-electron chi connectivity index (χ0n) is 13.1. The van der Waals surface area contributed by atoms with Gasteiger partial charge in [0.05, 0.1) is 13.2 Å². The van der Waals surface area contributed by atoms with Gasteiger partial charge in [0.15, 0.2) is 5.96 Å². The van der Waals surface area contributed by atoms with E-state index in [1.807, 2.05) is 12.1 Å². The van der Waals surface area contributed by atoms with Crippen LogP contribution in [0.25, 0.3) is 0 Å². The lowest BCUT2D eigenvalue weighted by atomic mass is 10.2. The Hall–Kier alpha value is -1.05. The number of pyridine rings is 1. The third-order valence-corrected chi connectivity index (χ3v) is 2.70. The van der Waals surface area contributed by atoms with Crippen LogP contribution in [0, 0.1) is 5.92 Å². The molecule has 1 rings (SSSR count). The molecule has 0 amide bonds. The molecule has 0 aliphatic rings. The zero-order valence-corrected chi connectivity index (χ0v) is 15.5. The number of guanidine groups is 1. The van der Waals surface area contributed by atoms with Crippen molar-refractivity contribution in [1.29, 1.82) is 0 Å². The number of rotatable bonds is 8. The Labute approximate surface area is 144 Å². The summed E-state index contributed by atoms with van der Waals surface area (Å²) in [6.07, 6.45) is 3.86. The Bertz CT molecular complexity index is 424. The van der Waals surface area contributed by atoms with Crippen molar-refractivity contribution in [2.24, 2.45) is 16.6 Å². The summed E-state index contributed by atoms with van der Waals surface area (Å²) in [5, 5.41) is 3.09. The van der Waals surface area contributed by atoms with Crippen molar-refractivity contribution in [3.63, 3.8) is 0 Å². The van der Waals surface area contributed by atoms with E-state index in [-0.39, 0.29) is 24.0 Å². The van der Waals surface area contributed by atoms with E-state index in [1.54, 1.807) is 6.20 Å². The van der Waals surface area contributed by atoms with Crippen LogP contribution in [0.4, 0.5) is 0 Å². The minimum atomic E-state index is 0. The lowest BCUT2D eigenvalue weighted by Crippen LogP contribution is -2.34. The molecule has 0 fully saturated rings. The first-order valence-corrected chi connectivity index (χ1v) is 7.24. The molecule has 5 nitrogen and oxygen atoms in total. The Kier molecular flexibility index (Phi) is 11.0. The second kappa shape index (κ2) is 11.6. The second-order valence-electron chi connectivity index (χ2n) is 5.15. The number of ether oxygens (including phenoxy) is 1. The van der Waals surface area contributed by atoms with Gasteiger partial charge in [-0.15, -0.1) is 24.0 Å². The van der Waals surface area contributed by atoms with Crippen LogP contribution >= 0.6 is 24.0 Å². The van der Waals surface area contributed by atoms with Crippen LogP contribution in [0.2, 0.25) is 0 Å². The first kappa shape index (κ1) is 19.9. The fourth-order valence-corrected chi connectivity index (χ4v) is 1.52. The van der Waals surface area contributed by atoms with Crippen LogP contribution in [0.5, 0.6) is 5.88 Å². The number of hydrogen-bond acceptors (Lipinski definition) is 3. The number of aromatic nitrogens is 1. The van der Waals surface area contributed by atoms with E-state index in [0.717, 1.165) is 24.9 Å². The first-order chi connectivity index (χ1) is 9.63. The highest BCUT2D eigenvalue weighted by molar-refractivity contribution is 14.0. The highest BCUT2D eigenvalue weighted by Gasteiger charge is 2.04. The topological polar surface area (TPSA) is 72.5 Å². The van der Waals surface area contributed by atoms with Gasteiger partial charge in [0, 0.05) is 18.3 Å². The molecule has 0 aliphatic heterocycles. The fraction of sp³-hybridized carbons (Fsp3) is 0.600. The van der Waals surface area contributed by atoms with Gasteiger partial charge in [0.25, 0.3) is 0 Å². The number of halogens is 1. The standard InChI is InChI=1S/C15H26N4O.HI/c1-4-5-9-20-14-13(7-6-8-17-14)11-19-15(16)18-10-12(2)3;/h6-8,12H,4-5,9-11H2,1-3H3,(H3,16,18,19);1H. The predicted molar refractivity (Wildman–Crippen MR) is 98.2 cm³/mol. The summed E-state index contributed by atoms with van der Waals surface area (Å²) in [7, 11) is 0. The molecule has 0 aromatic carbocycles. The highest BCUT2D eigenvalue weighted by Crippen LogP contribution is 2.15. The Morgan fingerprint density at radius 3 is 2.90 bits per heavy atom. The van der Waals surface area contributed by atoms with Crippen LogP contribution in [-0.2, 0) is 6.54 Å². The summed E-state index contributed by atoms with van der Waals surface area (Å²) in [6.45, 7) is 8.37. The third kappa shape index (κ3) is 8.75. The third-order valence-electron chi connectivity index (χ3n) is 2.70. The van der Waals surface area contributed by atoms with Crippen LogP contribution in [0.3, 0.4) is 0 Å². The van der Waals surface area contributed by atoms with Crippen molar-refractivity contribution in [3.8, 4) is 5.88 Å². The van der Waals surface area contributed by atoms with Gasteiger partial charge in [0.2, 0.25) is 5.88 Å². The van der Waals surface area contributed by atoms with E-state index in [9.17, 15) is 0 Å². The average Bonchev–Trinajstić information content (AvgIpc) is 2.44. The van der Waals surface area contributed by atoms with Crippen molar-refractivity contribution >= 4 is 29.9 Å². The molecule has 3 N–H and O–H groups in total. The molecule has 1 aromatic rings. The van der Waals surface area contributed by atoms with Crippen molar-refractivity contribution in [3.05, 3.63) is 23.9 Å². The molecule has 0 saturated carbocycles. The van der Waals surface area contributed by atoms with E-state index >= 15 is 0 Å². The lowest BCUT2D eigenvalue weighted by molar-refractivity contribution is 0.294. The van der Waals surface area contributed by atoms with Gasteiger partial charge >= 0.3 is 0 Å². The maximum Gasteiger partial charge on any atom is 0.218 e. The van der Waals surface area contributed by atoms with Gasteiger partial charge in [-0.25, -0.2) is 9.98 Å². The fourth-order valence-electron chi connectivity index (χ4n) is 1.52. The summed E-state index contributed by atoms with van der Waals surface area (Å²) >= 11 is 0. The van der Waals surface area contributed by atoms with Crippen LogP contribution in [-0.4, -0.2) is 24.1 Å². The largest absolute Gasteiger partial charge is 0.477 e. The number of nitrogens with zero attached hydrogens (tertiary/aromatic N) is 2. The number of unbranched alkanes of at least 4 members (excludes halogenated alkanes) is 1. The Morgan fingerprint density at radius 2 is 2.24 bits per heavy atom. The minimum absolute atomic E-state index is 0. The SMILES string of the molecule is CCCCOc1ncccc1CN=C(N)NCC(C)C.I. The van der Waals surface area contributed by atoms with Gasteiger partial charge in [-0.3, -0.25) is 0 Å². The molecule has 21 heavy (non-hydrogen) atoms. The molecule has 0 spiro atoms. The Balaban J connectivity index is 0.00000400. The van der Waals surface area contributed by atoms with E-state index in [2.05, 4.69) is 36.1 Å². The first-order valence-electron chi connectivity index (χ1n) is 7.24. The molecule has 0 radical (unpaired) electrons. The molecule has 0 unspecified atom stereocenters. The normalized spacial score (nSPS) is 11.1. The van der Waals surface area contributed by atoms with E-state index in [4.69, 9.17) is 10.5 Å². The average molecular weight is 406 g/mol. The minimum Gasteiger partial charge on any atom is -0.477 e. The van der Waals surface area contributed by atoms with Crippen molar-refractivity contribution < 1.29 is 4.74 Å².